The van der Waals surface area contributed by atoms with Gasteiger partial charge in [-0.05, 0) is 45.2 Å². The van der Waals surface area contributed by atoms with Gasteiger partial charge >= 0.3 is 0 Å². The highest BCUT2D eigenvalue weighted by Crippen LogP contribution is 2.38. The summed E-state index contributed by atoms with van der Waals surface area (Å²) in [4.78, 5) is 18.7. The molecule has 4 rings (SSSR count). The molecule has 1 amide bonds. The van der Waals surface area contributed by atoms with E-state index in [0.717, 1.165) is 24.3 Å². The summed E-state index contributed by atoms with van der Waals surface area (Å²) in [6, 6.07) is 3.71. The molecule has 0 aliphatic carbocycles. The van der Waals surface area contributed by atoms with E-state index in [9.17, 15) is 9.18 Å². The van der Waals surface area contributed by atoms with Crippen LogP contribution in [0.15, 0.2) is 24.5 Å². The maximum absolute atomic E-state index is 14.3. The minimum absolute atomic E-state index is 0.242. The van der Waals surface area contributed by atoms with Crippen molar-refractivity contribution in [2.45, 2.75) is 38.6 Å². The number of ether oxygens (including phenoxy) is 1. The van der Waals surface area contributed by atoms with E-state index in [2.05, 4.69) is 22.5 Å². The molecule has 28 heavy (non-hydrogen) atoms. The number of halogens is 1. The van der Waals surface area contributed by atoms with Gasteiger partial charge in [-0.25, -0.2) is 9.37 Å². The summed E-state index contributed by atoms with van der Waals surface area (Å²) in [5.74, 6) is 0.197. The average Bonchev–Trinajstić information content (AvgIpc) is 3.25. The first-order valence-corrected chi connectivity index (χ1v) is 10.1. The van der Waals surface area contributed by atoms with Gasteiger partial charge in [0.25, 0.3) is 5.91 Å². The van der Waals surface area contributed by atoms with Gasteiger partial charge in [-0.1, -0.05) is 0 Å². The molecule has 0 bridgehead atoms. The molecule has 0 aromatic carbocycles. The average molecular weight is 402 g/mol. The second kappa shape index (κ2) is 7.52. The van der Waals surface area contributed by atoms with Crippen LogP contribution in [0.3, 0.4) is 0 Å². The first kappa shape index (κ1) is 18.9. The summed E-state index contributed by atoms with van der Waals surface area (Å²) in [5.41, 5.74) is 1.33. The maximum atomic E-state index is 14.3. The van der Waals surface area contributed by atoms with Crippen LogP contribution in [0, 0.1) is 12.7 Å². The van der Waals surface area contributed by atoms with Crippen LogP contribution in [0.25, 0.3) is 5.65 Å². The van der Waals surface area contributed by atoms with E-state index in [-0.39, 0.29) is 11.6 Å². The number of thiophene rings is 1. The van der Waals surface area contributed by atoms with Crippen molar-refractivity contribution in [1.82, 2.24) is 14.7 Å². The van der Waals surface area contributed by atoms with Crippen LogP contribution < -0.4 is 15.4 Å². The van der Waals surface area contributed by atoms with Crippen LogP contribution in [0.5, 0.6) is 5.75 Å². The Morgan fingerprint density at radius 2 is 2.25 bits per heavy atom. The minimum Gasteiger partial charge on any atom is -0.495 e. The molecular formula is C20H23FN4O2S. The highest BCUT2D eigenvalue weighted by molar-refractivity contribution is 7.14. The molecule has 4 heterocycles. The smallest absolute Gasteiger partial charge is 0.269 e. The normalized spacial score (nSPS) is 19.7. The van der Waals surface area contributed by atoms with Gasteiger partial charge in [0.15, 0.2) is 11.5 Å². The maximum Gasteiger partial charge on any atom is 0.269 e. The number of hydrogen-bond acceptors (Lipinski definition) is 5. The van der Waals surface area contributed by atoms with Gasteiger partial charge in [0.2, 0.25) is 0 Å². The Hall–Kier alpha value is -2.45. The molecule has 1 aliphatic heterocycles. The lowest BCUT2D eigenvalue weighted by Gasteiger charge is -2.27. The summed E-state index contributed by atoms with van der Waals surface area (Å²) in [7, 11) is 1.56. The zero-order chi connectivity index (χ0) is 19.8. The number of carbonyl (C=O) groups is 1. The standard InChI is InChI=1S/C20H23FN4O2S/c1-11-6-13(4-5-22-11)17-8-16(27-3)18(28-17)20(26)24-14-7-15(21)19-23-12(2)9-25(19)10-14/h7-11,13,22H,4-6H2,1-3H3,(H,24,26). The molecule has 3 aromatic heterocycles. The molecule has 148 valence electrons. The SMILES string of the molecule is COc1cc(C2CCNC(C)C2)sc1C(=O)Nc1cc(F)c2nc(C)cn2c1. The molecule has 0 saturated carbocycles. The zero-order valence-corrected chi connectivity index (χ0v) is 16.9. The number of piperidine rings is 1. The highest BCUT2D eigenvalue weighted by Gasteiger charge is 2.25. The van der Waals surface area contributed by atoms with Crippen molar-refractivity contribution in [3.63, 3.8) is 0 Å². The van der Waals surface area contributed by atoms with Crippen molar-refractivity contribution >= 4 is 28.6 Å². The number of aryl methyl sites for hydroxylation is 1. The Balaban J connectivity index is 1.59. The fourth-order valence-electron chi connectivity index (χ4n) is 3.73. The molecule has 2 unspecified atom stereocenters. The van der Waals surface area contributed by atoms with E-state index in [1.54, 1.807) is 30.8 Å². The fraction of sp³-hybridized carbons (Fsp3) is 0.400. The Morgan fingerprint density at radius 1 is 1.43 bits per heavy atom. The number of anilines is 1. The van der Waals surface area contributed by atoms with E-state index in [4.69, 9.17) is 4.74 Å². The minimum atomic E-state index is -0.478. The Kier molecular flexibility index (Phi) is 5.07. The molecule has 1 aliphatic rings. The topological polar surface area (TPSA) is 67.7 Å². The number of hydrogen-bond donors (Lipinski definition) is 2. The predicted octanol–water partition coefficient (Wildman–Crippen LogP) is 3.96. The summed E-state index contributed by atoms with van der Waals surface area (Å²) < 4.78 is 21.3. The molecule has 2 N–H and O–H groups in total. The first-order chi connectivity index (χ1) is 13.4. The molecule has 1 fully saturated rings. The number of nitrogens with zero attached hydrogens (tertiary/aromatic N) is 2. The predicted molar refractivity (Wildman–Crippen MR) is 108 cm³/mol. The quantitative estimate of drug-likeness (QED) is 0.693. The van der Waals surface area contributed by atoms with Crippen LogP contribution in [0.2, 0.25) is 0 Å². The van der Waals surface area contributed by atoms with E-state index in [1.807, 2.05) is 6.07 Å². The van der Waals surface area contributed by atoms with Crippen molar-refractivity contribution < 1.29 is 13.9 Å². The molecule has 2 atom stereocenters. The molecule has 0 spiro atoms. The molecule has 8 heteroatoms. The molecule has 3 aromatic rings. The molecule has 0 radical (unpaired) electrons. The Labute approximate surface area is 166 Å². The van der Waals surface area contributed by atoms with Gasteiger partial charge in [0.1, 0.15) is 10.6 Å². The van der Waals surface area contributed by atoms with Crippen LogP contribution in [0.1, 0.15) is 45.9 Å². The lowest BCUT2D eigenvalue weighted by molar-refractivity contribution is 0.102. The lowest BCUT2D eigenvalue weighted by atomic mass is 9.92. The van der Waals surface area contributed by atoms with Crippen LogP contribution in [0.4, 0.5) is 10.1 Å². The number of pyridine rings is 1. The van der Waals surface area contributed by atoms with Crippen LogP contribution in [-0.4, -0.2) is 35.0 Å². The zero-order valence-electron chi connectivity index (χ0n) is 16.1. The Morgan fingerprint density at radius 3 is 3.00 bits per heavy atom. The van der Waals surface area contributed by atoms with Crippen LogP contribution >= 0.6 is 11.3 Å². The van der Waals surface area contributed by atoms with Gasteiger partial charge in [-0.2, -0.15) is 0 Å². The number of aromatic nitrogens is 2. The van der Waals surface area contributed by atoms with Crippen molar-refractivity contribution in [3.05, 3.63) is 45.8 Å². The monoisotopic (exact) mass is 402 g/mol. The number of nitrogens with one attached hydrogen (secondary N) is 2. The van der Waals surface area contributed by atoms with Crippen molar-refractivity contribution in [2.24, 2.45) is 0 Å². The van der Waals surface area contributed by atoms with Gasteiger partial charge in [0, 0.05) is 29.4 Å². The third-order valence-corrected chi connectivity index (χ3v) is 6.33. The summed E-state index contributed by atoms with van der Waals surface area (Å²) in [6.45, 7) is 4.94. The number of rotatable bonds is 4. The van der Waals surface area contributed by atoms with Crippen LogP contribution in [-0.2, 0) is 0 Å². The van der Waals surface area contributed by atoms with Gasteiger partial charge in [0.05, 0.1) is 18.5 Å². The lowest BCUT2D eigenvalue weighted by Crippen LogP contribution is -2.34. The van der Waals surface area contributed by atoms with Crippen molar-refractivity contribution in [3.8, 4) is 5.75 Å². The second-order valence-corrected chi connectivity index (χ2v) is 8.35. The number of amides is 1. The third-order valence-electron chi connectivity index (χ3n) is 5.05. The van der Waals surface area contributed by atoms with Crippen molar-refractivity contribution in [2.75, 3.05) is 19.0 Å². The number of methoxy groups -OCH3 is 1. The highest BCUT2D eigenvalue weighted by atomic mass is 32.1. The fourth-order valence-corrected chi connectivity index (χ4v) is 4.90. The second-order valence-electron chi connectivity index (χ2n) is 7.27. The van der Waals surface area contributed by atoms with E-state index >= 15 is 0 Å². The molecule has 6 nitrogen and oxygen atoms in total. The number of fused-ring (bicyclic) bond motifs is 1. The number of carbonyl (C=O) groups excluding carboxylic acids is 1. The van der Waals surface area contributed by atoms with E-state index in [0.29, 0.717) is 34.0 Å². The Bertz CT molecular complexity index is 1030. The first-order valence-electron chi connectivity index (χ1n) is 9.32. The van der Waals surface area contributed by atoms with Gasteiger partial charge < -0.3 is 19.8 Å². The van der Waals surface area contributed by atoms with E-state index in [1.165, 1.54) is 17.4 Å². The summed E-state index contributed by atoms with van der Waals surface area (Å²) >= 11 is 1.45. The van der Waals surface area contributed by atoms with Crippen molar-refractivity contribution in [1.29, 1.82) is 0 Å². The van der Waals surface area contributed by atoms with Gasteiger partial charge in [-0.3, -0.25) is 4.79 Å². The third kappa shape index (κ3) is 3.62. The number of imidazole rings is 1. The van der Waals surface area contributed by atoms with E-state index < -0.39 is 5.82 Å². The summed E-state index contributed by atoms with van der Waals surface area (Å²) in [5, 5.41) is 6.24. The largest absolute Gasteiger partial charge is 0.495 e. The van der Waals surface area contributed by atoms with Gasteiger partial charge in [-0.15, -0.1) is 11.3 Å². The summed E-state index contributed by atoms with van der Waals surface area (Å²) in [6.07, 6.45) is 5.45. The molecular weight excluding hydrogens is 379 g/mol. The molecule has 1 saturated heterocycles.